The number of halogens is 1. The number of aromatic nitrogens is 5. The maximum Gasteiger partial charge on any atom is 0.234 e. The third-order valence-electron chi connectivity index (χ3n) is 3.97. The lowest BCUT2D eigenvalue weighted by atomic mass is 10.3. The van der Waals surface area contributed by atoms with Gasteiger partial charge in [0.05, 0.1) is 18.6 Å². The summed E-state index contributed by atoms with van der Waals surface area (Å²) in [5.41, 5.74) is 2.60. The molecule has 2 aromatic carbocycles. The third kappa shape index (κ3) is 4.38. The van der Waals surface area contributed by atoms with Crippen molar-refractivity contribution >= 4 is 50.5 Å². The van der Waals surface area contributed by atoms with Crippen molar-refractivity contribution in [2.75, 3.05) is 18.2 Å². The van der Waals surface area contributed by atoms with Crippen LogP contribution in [0.15, 0.2) is 64.4 Å². The summed E-state index contributed by atoms with van der Waals surface area (Å²) < 4.78 is 7.83. The molecule has 8 nitrogen and oxygen atoms in total. The van der Waals surface area contributed by atoms with Crippen LogP contribution in [-0.4, -0.2) is 43.7 Å². The van der Waals surface area contributed by atoms with Crippen LogP contribution in [0.1, 0.15) is 0 Å². The molecule has 0 aliphatic rings. The average Bonchev–Trinajstić information content (AvgIpc) is 3.19. The first-order chi connectivity index (χ1) is 14.1. The van der Waals surface area contributed by atoms with Crippen molar-refractivity contribution in [2.24, 2.45) is 0 Å². The zero-order valence-electron chi connectivity index (χ0n) is 15.2. The molecule has 0 fully saturated rings. The Bertz CT molecular complexity index is 1170. The highest BCUT2D eigenvalue weighted by molar-refractivity contribution is 9.10. The molecule has 146 valence electrons. The Kier molecular flexibility index (Phi) is 5.72. The molecule has 10 heteroatoms. The summed E-state index contributed by atoms with van der Waals surface area (Å²) in [6.07, 6.45) is 1.44. The molecule has 0 atom stereocenters. The average molecular weight is 471 g/mol. The Morgan fingerprint density at radius 3 is 2.83 bits per heavy atom. The van der Waals surface area contributed by atoms with Crippen LogP contribution in [0.4, 0.5) is 5.69 Å². The highest BCUT2D eigenvalue weighted by Gasteiger charge is 2.15. The molecule has 1 amide bonds. The molecule has 0 spiro atoms. The second-order valence-electron chi connectivity index (χ2n) is 5.90. The summed E-state index contributed by atoms with van der Waals surface area (Å²) in [4.78, 5) is 20.8. The Hall–Kier alpha value is -2.98. The molecule has 0 bridgehead atoms. The summed E-state index contributed by atoms with van der Waals surface area (Å²) in [5.74, 6) is 0.762. The molecule has 0 radical (unpaired) electrons. The lowest BCUT2D eigenvalue weighted by molar-refractivity contribution is -0.113. The summed E-state index contributed by atoms with van der Waals surface area (Å²) in [6, 6.07) is 14.8. The summed E-state index contributed by atoms with van der Waals surface area (Å²) in [6.45, 7) is 0. The SMILES string of the molecule is COc1cccc(-n2nnc3c(SCC(=O)Nc4ccc(Br)cc4)ncnc32)c1. The first-order valence-electron chi connectivity index (χ1n) is 8.53. The lowest BCUT2D eigenvalue weighted by Crippen LogP contribution is -2.14. The number of amides is 1. The van der Waals surface area contributed by atoms with Crippen molar-refractivity contribution in [3.63, 3.8) is 0 Å². The van der Waals surface area contributed by atoms with Gasteiger partial charge < -0.3 is 10.1 Å². The smallest absolute Gasteiger partial charge is 0.234 e. The van der Waals surface area contributed by atoms with Crippen LogP contribution in [0.5, 0.6) is 5.75 Å². The molecule has 4 aromatic rings. The first-order valence-corrected chi connectivity index (χ1v) is 10.3. The molecule has 29 heavy (non-hydrogen) atoms. The number of benzene rings is 2. The van der Waals surface area contributed by atoms with Gasteiger partial charge in [-0.1, -0.05) is 39.0 Å². The fourth-order valence-corrected chi connectivity index (χ4v) is 3.61. The number of thioether (sulfide) groups is 1. The molecule has 2 aromatic heterocycles. The molecule has 4 rings (SSSR count). The van der Waals surface area contributed by atoms with E-state index in [0.717, 1.165) is 15.8 Å². The van der Waals surface area contributed by atoms with Crippen molar-refractivity contribution in [3.05, 3.63) is 59.3 Å². The second kappa shape index (κ2) is 8.58. The van der Waals surface area contributed by atoms with E-state index in [4.69, 9.17) is 4.74 Å². The Morgan fingerprint density at radius 1 is 1.21 bits per heavy atom. The number of methoxy groups -OCH3 is 1. The number of fused-ring (bicyclic) bond motifs is 1. The zero-order valence-corrected chi connectivity index (χ0v) is 17.6. The van der Waals surface area contributed by atoms with Gasteiger partial charge in [-0.3, -0.25) is 4.79 Å². The number of nitrogens with one attached hydrogen (secondary N) is 1. The molecule has 0 aliphatic heterocycles. The number of rotatable bonds is 6. The van der Waals surface area contributed by atoms with Crippen molar-refractivity contribution in [3.8, 4) is 11.4 Å². The predicted molar refractivity (Wildman–Crippen MR) is 115 cm³/mol. The maximum atomic E-state index is 12.3. The van der Waals surface area contributed by atoms with Crippen molar-refractivity contribution in [1.82, 2.24) is 25.0 Å². The maximum absolute atomic E-state index is 12.3. The third-order valence-corrected chi connectivity index (χ3v) is 5.48. The number of nitrogens with zero attached hydrogens (tertiary/aromatic N) is 5. The highest BCUT2D eigenvalue weighted by Crippen LogP contribution is 2.25. The fraction of sp³-hybridized carbons (Fsp3) is 0.105. The largest absolute Gasteiger partial charge is 0.497 e. The normalized spacial score (nSPS) is 10.8. The quantitative estimate of drug-likeness (QED) is 0.338. The van der Waals surface area contributed by atoms with Gasteiger partial charge in [0.1, 0.15) is 17.1 Å². The number of hydrogen-bond donors (Lipinski definition) is 1. The number of carbonyl (C=O) groups excluding carboxylic acids is 1. The van der Waals surface area contributed by atoms with E-state index in [1.165, 1.54) is 18.1 Å². The molecule has 0 saturated carbocycles. The van der Waals surface area contributed by atoms with Crippen molar-refractivity contribution in [1.29, 1.82) is 0 Å². The minimum atomic E-state index is -0.135. The standard InChI is InChI=1S/C19H15BrN6O2S/c1-28-15-4-2-3-14(9-15)26-18-17(24-25-26)19(22-11-21-18)29-10-16(27)23-13-7-5-12(20)6-8-13/h2-9,11H,10H2,1H3,(H,23,27). The van der Waals surface area contributed by atoms with Crippen LogP contribution < -0.4 is 10.1 Å². The molecular formula is C19H15BrN6O2S. The van der Waals surface area contributed by atoms with Crippen LogP contribution in [0.25, 0.3) is 16.9 Å². The van der Waals surface area contributed by atoms with E-state index in [1.807, 2.05) is 48.5 Å². The van der Waals surface area contributed by atoms with Gasteiger partial charge in [0, 0.05) is 16.2 Å². The molecule has 2 heterocycles. The molecule has 0 unspecified atom stereocenters. The predicted octanol–water partition coefficient (Wildman–Crippen LogP) is 3.71. The van der Waals surface area contributed by atoms with Crippen LogP contribution in [0, 0.1) is 0 Å². The van der Waals surface area contributed by atoms with E-state index in [1.54, 1.807) is 11.8 Å². The van der Waals surface area contributed by atoms with Gasteiger partial charge in [-0.15, -0.1) is 5.10 Å². The molecule has 0 aliphatic carbocycles. The summed E-state index contributed by atoms with van der Waals surface area (Å²) in [5, 5.41) is 11.9. The molecule has 1 N–H and O–H groups in total. The van der Waals surface area contributed by atoms with E-state index < -0.39 is 0 Å². The number of ether oxygens (including phenoxy) is 1. The highest BCUT2D eigenvalue weighted by atomic mass is 79.9. The Morgan fingerprint density at radius 2 is 2.03 bits per heavy atom. The first kappa shape index (κ1) is 19.3. The van der Waals surface area contributed by atoms with E-state index in [9.17, 15) is 4.79 Å². The summed E-state index contributed by atoms with van der Waals surface area (Å²) in [7, 11) is 1.61. The topological polar surface area (TPSA) is 94.8 Å². The van der Waals surface area contributed by atoms with Crippen LogP contribution in [0.2, 0.25) is 0 Å². The second-order valence-corrected chi connectivity index (χ2v) is 7.78. The van der Waals surface area contributed by atoms with Gasteiger partial charge in [0.25, 0.3) is 0 Å². The number of hydrogen-bond acceptors (Lipinski definition) is 7. The minimum absolute atomic E-state index is 0.135. The number of anilines is 1. The van der Waals surface area contributed by atoms with Crippen molar-refractivity contribution in [2.45, 2.75) is 5.03 Å². The monoisotopic (exact) mass is 470 g/mol. The van der Waals surface area contributed by atoms with E-state index in [-0.39, 0.29) is 11.7 Å². The van der Waals surface area contributed by atoms with Crippen LogP contribution in [0.3, 0.4) is 0 Å². The Labute approximate surface area is 178 Å². The van der Waals surface area contributed by atoms with Gasteiger partial charge in [0.15, 0.2) is 11.2 Å². The van der Waals surface area contributed by atoms with Crippen LogP contribution in [-0.2, 0) is 4.79 Å². The van der Waals surface area contributed by atoms with Gasteiger partial charge in [0.2, 0.25) is 5.91 Å². The summed E-state index contributed by atoms with van der Waals surface area (Å²) >= 11 is 4.65. The van der Waals surface area contributed by atoms with Crippen molar-refractivity contribution < 1.29 is 9.53 Å². The van der Waals surface area contributed by atoms with E-state index >= 15 is 0 Å². The lowest BCUT2D eigenvalue weighted by Gasteiger charge is -2.06. The molecular weight excluding hydrogens is 456 g/mol. The van der Waals surface area contributed by atoms with Gasteiger partial charge in [-0.25, -0.2) is 9.97 Å². The van der Waals surface area contributed by atoms with Gasteiger partial charge >= 0.3 is 0 Å². The van der Waals surface area contributed by atoms with Gasteiger partial charge in [-0.05, 0) is 36.4 Å². The fourth-order valence-electron chi connectivity index (χ4n) is 2.61. The van der Waals surface area contributed by atoms with E-state index in [0.29, 0.717) is 21.9 Å². The molecule has 0 saturated heterocycles. The van der Waals surface area contributed by atoms with Crippen LogP contribution >= 0.6 is 27.7 Å². The Balaban J connectivity index is 1.52. The van der Waals surface area contributed by atoms with E-state index in [2.05, 4.69) is 41.5 Å². The minimum Gasteiger partial charge on any atom is -0.497 e. The number of carbonyl (C=O) groups is 1. The zero-order chi connectivity index (χ0) is 20.2. The van der Waals surface area contributed by atoms with Gasteiger partial charge in [-0.2, -0.15) is 4.68 Å².